The van der Waals surface area contributed by atoms with Crippen molar-refractivity contribution in [1.29, 1.82) is 0 Å². The number of amides is 1. The summed E-state index contributed by atoms with van der Waals surface area (Å²) in [6.07, 6.45) is 0. The van der Waals surface area contributed by atoms with Crippen LogP contribution in [0.15, 0.2) is 41.2 Å². The van der Waals surface area contributed by atoms with E-state index in [4.69, 9.17) is 0 Å². The number of nitrogens with one attached hydrogen (secondary N) is 1. The van der Waals surface area contributed by atoms with Crippen molar-refractivity contribution < 1.29 is 4.79 Å². The molecule has 0 bridgehead atoms. The third kappa shape index (κ3) is 3.48. The fourth-order valence-electron chi connectivity index (χ4n) is 2.77. The van der Waals surface area contributed by atoms with Crippen molar-refractivity contribution in [3.8, 4) is 11.3 Å². The maximum Gasteiger partial charge on any atom is 0.346 e. The van der Waals surface area contributed by atoms with E-state index in [1.165, 1.54) is 0 Å². The van der Waals surface area contributed by atoms with E-state index in [1.807, 2.05) is 30.3 Å². The topological polar surface area (TPSA) is 69.3 Å². The van der Waals surface area contributed by atoms with Gasteiger partial charge in [0.15, 0.2) is 0 Å². The molecular formula is C17H20N4O2. The van der Waals surface area contributed by atoms with Crippen LogP contribution in [0.3, 0.4) is 0 Å². The number of benzene rings is 1. The molecule has 1 aromatic heterocycles. The first kappa shape index (κ1) is 15.4. The van der Waals surface area contributed by atoms with Gasteiger partial charge in [-0.15, -0.1) is 0 Å². The molecule has 1 aromatic carbocycles. The minimum absolute atomic E-state index is 0.141. The third-order valence-corrected chi connectivity index (χ3v) is 4.15. The maximum atomic E-state index is 12.6. The Balaban J connectivity index is 1.84. The van der Waals surface area contributed by atoms with E-state index in [-0.39, 0.29) is 5.91 Å². The molecule has 1 amide bonds. The number of hydrogen-bond acceptors (Lipinski definition) is 4. The fraction of sp³-hybridized carbons (Fsp3) is 0.353. The Morgan fingerprint density at radius 1 is 1.17 bits per heavy atom. The molecule has 1 saturated heterocycles. The van der Waals surface area contributed by atoms with Crippen LogP contribution in [0.25, 0.3) is 11.3 Å². The van der Waals surface area contributed by atoms with Crippen LogP contribution in [0.1, 0.15) is 17.4 Å². The Morgan fingerprint density at radius 2 is 1.87 bits per heavy atom. The molecule has 6 nitrogen and oxygen atoms in total. The number of nitrogens with zero attached hydrogens (tertiary/aromatic N) is 3. The van der Waals surface area contributed by atoms with Crippen LogP contribution in [-0.4, -0.2) is 58.4 Å². The lowest BCUT2D eigenvalue weighted by molar-refractivity contribution is 0.0637. The van der Waals surface area contributed by atoms with Crippen LogP contribution in [0.4, 0.5) is 0 Å². The molecule has 6 heteroatoms. The van der Waals surface area contributed by atoms with E-state index >= 15 is 0 Å². The van der Waals surface area contributed by atoms with Gasteiger partial charge < -0.3 is 14.8 Å². The van der Waals surface area contributed by atoms with E-state index < -0.39 is 5.69 Å². The average molecular weight is 312 g/mol. The van der Waals surface area contributed by atoms with Gasteiger partial charge in [0.05, 0.1) is 5.69 Å². The second-order valence-electron chi connectivity index (χ2n) is 5.58. The SMILES string of the molecule is CCN1CCN(C(=O)c2cc(-c3ccccc3)nc(=O)[nH]2)CC1. The summed E-state index contributed by atoms with van der Waals surface area (Å²) in [5, 5.41) is 0. The summed E-state index contributed by atoms with van der Waals surface area (Å²) in [4.78, 5) is 35.1. The number of aromatic nitrogens is 2. The van der Waals surface area contributed by atoms with Crippen molar-refractivity contribution in [3.63, 3.8) is 0 Å². The highest BCUT2D eigenvalue weighted by Gasteiger charge is 2.22. The Morgan fingerprint density at radius 3 is 2.52 bits per heavy atom. The largest absolute Gasteiger partial charge is 0.346 e. The number of carbonyl (C=O) groups excluding carboxylic acids is 1. The van der Waals surface area contributed by atoms with Gasteiger partial charge in [0.1, 0.15) is 5.69 Å². The van der Waals surface area contributed by atoms with Crippen LogP contribution < -0.4 is 5.69 Å². The van der Waals surface area contributed by atoms with Crippen LogP contribution in [0.2, 0.25) is 0 Å². The average Bonchev–Trinajstić information content (AvgIpc) is 2.61. The maximum absolute atomic E-state index is 12.6. The summed E-state index contributed by atoms with van der Waals surface area (Å²) in [7, 11) is 0. The van der Waals surface area contributed by atoms with E-state index in [9.17, 15) is 9.59 Å². The zero-order valence-electron chi connectivity index (χ0n) is 13.2. The second kappa shape index (κ2) is 6.75. The number of hydrogen-bond donors (Lipinski definition) is 1. The summed E-state index contributed by atoms with van der Waals surface area (Å²) < 4.78 is 0. The molecule has 23 heavy (non-hydrogen) atoms. The Labute approximate surface area is 134 Å². The van der Waals surface area contributed by atoms with Gasteiger partial charge in [-0.25, -0.2) is 4.79 Å². The number of piperazine rings is 1. The predicted octanol–water partition coefficient (Wildman–Crippen LogP) is 1.21. The quantitative estimate of drug-likeness (QED) is 0.925. The standard InChI is InChI=1S/C17H20N4O2/c1-2-20-8-10-21(11-9-20)16(22)15-12-14(18-17(23)19-15)13-6-4-3-5-7-13/h3-7,12H,2,8-11H2,1H3,(H,18,19,23). The third-order valence-electron chi connectivity index (χ3n) is 4.15. The molecule has 1 N–H and O–H groups in total. The first-order valence-electron chi connectivity index (χ1n) is 7.86. The van der Waals surface area contributed by atoms with Crippen molar-refractivity contribution in [2.75, 3.05) is 32.7 Å². The molecule has 0 unspecified atom stereocenters. The fourth-order valence-corrected chi connectivity index (χ4v) is 2.77. The highest BCUT2D eigenvalue weighted by Crippen LogP contribution is 2.16. The first-order chi connectivity index (χ1) is 11.2. The van der Waals surface area contributed by atoms with Gasteiger partial charge in [0, 0.05) is 31.7 Å². The molecule has 0 aliphatic carbocycles. The van der Waals surface area contributed by atoms with Crippen molar-refractivity contribution in [2.24, 2.45) is 0 Å². The number of aromatic amines is 1. The number of rotatable bonds is 3. The molecule has 2 aromatic rings. The predicted molar refractivity (Wildman–Crippen MR) is 88.3 cm³/mol. The second-order valence-corrected chi connectivity index (χ2v) is 5.58. The molecular weight excluding hydrogens is 292 g/mol. The van der Waals surface area contributed by atoms with Crippen molar-refractivity contribution in [3.05, 3.63) is 52.6 Å². The normalized spacial score (nSPS) is 15.6. The molecule has 0 radical (unpaired) electrons. The van der Waals surface area contributed by atoms with Crippen molar-refractivity contribution in [2.45, 2.75) is 6.92 Å². The van der Waals surface area contributed by atoms with Gasteiger partial charge >= 0.3 is 5.69 Å². The van der Waals surface area contributed by atoms with Crippen LogP contribution in [0, 0.1) is 0 Å². The van der Waals surface area contributed by atoms with E-state index in [2.05, 4.69) is 21.8 Å². The number of H-pyrrole nitrogens is 1. The van der Waals surface area contributed by atoms with E-state index in [0.717, 1.165) is 25.2 Å². The summed E-state index contributed by atoms with van der Waals surface area (Å²) in [5.41, 5.74) is 1.14. The van der Waals surface area contributed by atoms with Crippen molar-refractivity contribution >= 4 is 5.91 Å². The highest BCUT2D eigenvalue weighted by molar-refractivity contribution is 5.93. The molecule has 2 heterocycles. The zero-order chi connectivity index (χ0) is 16.2. The Kier molecular flexibility index (Phi) is 4.52. The van der Waals surface area contributed by atoms with Gasteiger partial charge in [-0.1, -0.05) is 37.3 Å². The smallest absolute Gasteiger partial charge is 0.335 e. The van der Waals surface area contributed by atoms with Gasteiger partial charge in [0.25, 0.3) is 5.91 Å². The summed E-state index contributed by atoms with van der Waals surface area (Å²) >= 11 is 0. The van der Waals surface area contributed by atoms with Crippen LogP contribution >= 0.6 is 0 Å². The van der Waals surface area contributed by atoms with Gasteiger partial charge in [-0.05, 0) is 12.6 Å². The van der Waals surface area contributed by atoms with Gasteiger partial charge in [-0.3, -0.25) is 4.79 Å². The molecule has 0 saturated carbocycles. The monoisotopic (exact) mass is 312 g/mol. The zero-order valence-corrected chi connectivity index (χ0v) is 13.2. The first-order valence-corrected chi connectivity index (χ1v) is 7.86. The highest BCUT2D eigenvalue weighted by atomic mass is 16.2. The molecule has 1 fully saturated rings. The summed E-state index contributed by atoms with van der Waals surface area (Å²) in [6.45, 7) is 6.19. The number of carbonyl (C=O) groups is 1. The van der Waals surface area contributed by atoms with E-state index in [1.54, 1.807) is 11.0 Å². The molecule has 120 valence electrons. The van der Waals surface area contributed by atoms with Gasteiger partial charge in [0.2, 0.25) is 0 Å². The van der Waals surface area contributed by atoms with Crippen molar-refractivity contribution in [1.82, 2.24) is 19.8 Å². The molecule has 0 atom stereocenters. The van der Waals surface area contributed by atoms with Gasteiger partial charge in [-0.2, -0.15) is 4.98 Å². The lowest BCUT2D eigenvalue weighted by Gasteiger charge is -2.33. The van der Waals surface area contributed by atoms with Crippen LogP contribution in [-0.2, 0) is 0 Å². The molecule has 1 aliphatic heterocycles. The summed E-state index contributed by atoms with van der Waals surface area (Å²) in [5.74, 6) is -0.141. The summed E-state index contributed by atoms with van der Waals surface area (Å²) in [6, 6.07) is 11.1. The lowest BCUT2D eigenvalue weighted by Crippen LogP contribution is -2.48. The molecule has 3 rings (SSSR count). The van der Waals surface area contributed by atoms with Crippen LogP contribution in [0.5, 0.6) is 0 Å². The minimum atomic E-state index is -0.498. The number of likely N-dealkylation sites (N-methyl/N-ethyl adjacent to an activating group) is 1. The Bertz CT molecular complexity index is 734. The molecule has 1 aliphatic rings. The molecule has 0 spiro atoms. The minimum Gasteiger partial charge on any atom is -0.335 e. The Hall–Kier alpha value is -2.47. The van der Waals surface area contributed by atoms with E-state index in [0.29, 0.717) is 24.5 Å². The lowest BCUT2D eigenvalue weighted by atomic mass is 10.1.